The molecule has 2 aromatic carbocycles. The second-order valence-corrected chi connectivity index (χ2v) is 5.66. The monoisotopic (exact) mass is 319 g/mol. The zero-order valence-corrected chi connectivity index (χ0v) is 13.5. The third kappa shape index (κ3) is 3.27. The van der Waals surface area contributed by atoms with Crippen LogP contribution in [0.2, 0.25) is 0 Å². The van der Waals surface area contributed by atoms with Gasteiger partial charge in [-0.1, -0.05) is 29.8 Å². The Labute approximate surface area is 139 Å². The molecule has 0 atom stereocenters. The topological polar surface area (TPSA) is 59.3 Å². The second-order valence-electron chi connectivity index (χ2n) is 5.66. The predicted molar refractivity (Wildman–Crippen MR) is 96.1 cm³/mol. The lowest BCUT2D eigenvalue weighted by atomic mass is 10.1. The fraction of sp³-hybridized carbons (Fsp3) is 0.100. The Kier molecular flexibility index (Phi) is 4.29. The number of nitrogens with one attached hydrogen (secondary N) is 1. The highest BCUT2D eigenvalue weighted by Gasteiger charge is 2.06. The largest absolute Gasteiger partial charge is 0.463 e. The van der Waals surface area contributed by atoms with Gasteiger partial charge in [0.25, 0.3) is 0 Å². The Morgan fingerprint density at radius 3 is 2.71 bits per heavy atom. The van der Waals surface area contributed by atoms with E-state index in [4.69, 9.17) is 4.42 Å². The van der Waals surface area contributed by atoms with Gasteiger partial charge in [-0.25, -0.2) is 0 Å². The third-order valence-corrected chi connectivity index (χ3v) is 3.77. The lowest BCUT2D eigenvalue weighted by Gasteiger charge is -2.05. The van der Waals surface area contributed by atoms with Crippen molar-refractivity contribution in [3.63, 3.8) is 0 Å². The summed E-state index contributed by atoms with van der Waals surface area (Å²) in [5, 5.41) is 3.30. The first-order valence-corrected chi connectivity index (χ1v) is 7.61. The van der Waals surface area contributed by atoms with Crippen LogP contribution >= 0.6 is 0 Å². The van der Waals surface area contributed by atoms with Crippen LogP contribution in [0.3, 0.4) is 0 Å². The van der Waals surface area contributed by atoms with Crippen molar-refractivity contribution >= 4 is 28.6 Å². The summed E-state index contributed by atoms with van der Waals surface area (Å²) in [6, 6.07) is 12.9. The average Bonchev–Trinajstić information content (AvgIpc) is 2.57. The van der Waals surface area contributed by atoms with E-state index in [-0.39, 0.29) is 11.3 Å². The maximum Gasteiger partial charge on any atom is 0.248 e. The van der Waals surface area contributed by atoms with E-state index in [0.717, 1.165) is 16.8 Å². The second kappa shape index (κ2) is 6.54. The van der Waals surface area contributed by atoms with Gasteiger partial charge in [0.1, 0.15) is 11.8 Å². The molecule has 4 nitrogen and oxygen atoms in total. The zero-order valence-electron chi connectivity index (χ0n) is 13.5. The van der Waals surface area contributed by atoms with Crippen molar-refractivity contribution in [2.24, 2.45) is 0 Å². The molecule has 24 heavy (non-hydrogen) atoms. The molecule has 0 spiro atoms. The number of aryl methyl sites for hydroxylation is 2. The van der Waals surface area contributed by atoms with E-state index in [1.807, 2.05) is 44.2 Å². The number of amides is 1. The first-order valence-electron chi connectivity index (χ1n) is 7.61. The molecular formula is C20H17NO3. The minimum atomic E-state index is -0.298. The molecule has 3 rings (SSSR count). The van der Waals surface area contributed by atoms with Crippen LogP contribution in [-0.4, -0.2) is 5.91 Å². The minimum Gasteiger partial charge on any atom is -0.463 e. The molecule has 0 aliphatic heterocycles. The molecule has 120 valence electrons. The Hall–Kier alpha value is -3.14. The van der Waals surface area contributed by atoms with E-state index in [1.54, 1.807) is 12.1 Å². The fourth-order valence-electron chi connectivity index (χ4n) is 2.43. The van der Waals surface area contributed by atoms with Gasteiger partial charge in [-0.2, -0.15) is 0 Å². The minimum absolute atomic E-state index is 0.153. The third-order valence-electron chi connectivity index (χ3n) is 3.77. The Bertz CT molecular complexity index is 999. The number of hydrogen-bond acceptors (Lipinski definition) is 3. The number of carbonyl (C=O) groups is 1. The highest BCUT2D eigenvalue weighted by molar-refractivity contribution is 6.02. The molecule has 0 aliphatic rings. The van der Waals surface area contributed by atoms with E-state index < -0.39 is 0 Å². The number of para-hydroxylation sites is 1. The van der Waals surface area contributed by atoms with Gasteiger partial charge < -0.3 is 9.73 Å². The van der Waals surface area contributed by atoms with Crippen LogP contribution in [0.25, 0.3) is 17.0 Å². The quantitative estimate of drug-likeness (QED) is 0.741. The van der Waals surface area contributed by atoms with Crippen LogP contribution in [0.5, 0.6) is 0 Å². The molecule has 0 bridgehead atoms. The van der Waals surface area contributed by atoms with Gasteiger partial charge in [0, 0.05) is 11.8 Å². The summed E-state index contributed by atoms with van der Waals surface area (Å²) in [5.74, 6) is -0.298. The number of rotatable bonds is 3. The number of fused-ring (bicyclic) bond motifs is 1. The number of carbonyl (C=O) groups excluding carboxylic acids is 1. The van der Waals surface area contributed by atoms with Crippen molar-refractivity contribution in [2.45, 2.75) is 13.8 Å². The first-order chi connectivity index (χ1) is 11.5. The molecular weight excluding hydrogens is 302 g/mol. The summed E-state index contributed by atoms with van der Waals surface area (Å²) in [6.45, 7) is 3.83. The number of hydrogen-bond donors (Lipinski definition) is 1. The molecule has 1 aromatic heterocycles. The molecule has 4 heteroatoms. The molecule has 0 unspecified atom stereocenters. The van der Waals surface area contributed by atoms with Crippen LogP contribution < -0.4 is 10.7 Å². The smallest absolute Gasteiger partial charge is 0.248 e. The summed E-state index contributed by atoms with van der Waals surface area (Å²) >= 11 is 0. The highest BCUT2D eigenvalue weighted by atomic mass is 16.3. The SMILES string of the molecule is Cc1ccc2occ(/C=C/C(=O)Nc3ccccc3C)c(=O)c2c1. The average molecular weight is 319 g/mol. The van der Waals surface area contributed by atoms with Gasteiger partial charge in [-0.15, -0.1) is 0 Å². The zero-order chi connectivity index (χ0) is 17.1. The summed E-state index contributed by atoms with van der Waals surface area (Å²) in [7, 11) is 0. The molecule has 3 aromatic rings. The van der Waals surface area contributed by atoms with Crippen LogP contribution in [0.15, 0.2) is 64.0 Å². The van der Waals surface area contributed by atoms with Crippen molar-refractivity contribution in [2.75, 3.05) is 5.32 Å². The summed E-state index contributed by atoms with van der Waals surface area (Å²) < 4.78 is 5.47. The van der Waals surface area contributed by atoms with Crippen molar-refractivity contribution in [1.29, 1.82) is 0 Å². The predicted octanol–water partition coefficient (Wildman–Crippen LogP) is 4.06. The molecule has 1 heterocycles. The van der Waals surface area contributed by atoms with Crippen molar-refractivity contribution in [3.8, 4) is 0 Å². The maximum atomic E-state index is 12.5. The van der Waals surface area contributed by atoms with Gasteiger partial charge in [0.2, 0.25) is 5.91 Å². The number of anilines is 1. The van der Waals surface area contributed by atoms with E-state index in [2.05, 4.69) is 5.32 Å². The first kappa shape index (κ1) is 15.7. The van der Waals surface area contributed by atoms with E-state index in [1.165, 1.54) is 18.4 Å². The van der Waals surface area contributed by atoms with Crippen LogP contribution in [0, 0.1) is 13.8 Å². The molecule has 1 amide bonds. The van der Waals surface area contributed by atoms with Crippen LogP contribution in [0.1, 0.15) is 16.7 Å². The molecule has 0 fully saturated rings. The summed E-state index contributed by atoms with van der Waals surface area (Å²) in [6.07, 6.45) is 4.18. The van der Waals surface area contributed by atoms with Gasteiger partial charge in [0.15, 0.2) is 5.43 Å². The normalized spacial score (nSPS) is 11.1. The van der Waals surface area contributed by atoms with Crippen LogP contribution in [-0.2, 0) is 4.79 Å². The lowest BCUT2D eigenvalue weighted by Crippen LogP contribution is -2.10. The fourth-order valence-corrected chi connectivity index (χ4v) is 2.43. The van der Waals surface area contributed by atoms with Gasteiger partial charge in [0.05, 0.1) is 10.9 Å². The standard InChI is InChI=1S/C20H17NO3/c1-13-7-9-18-16(11-13)20(23)15(12-24-18)8-10-19(22)21-17-6-4-3-5-14(17)2/h3-12H,1-2H3,(H,21,22)/b10-8+. The lowest BCUT2D eigenvalue weighted by molar-refractivity contribution is -0.111. The maximum absolute atomic E-state index is 12.5. The van der Waals surface area contributed by atoms with E-state index in [9.17, 15) is 9.59 Å². The van der Waals surface area contributed by atoms with Crippen molar-refractivity contribution in [3.05, 3.63) is 81.7 Å². The van der Waals surface area contributed by atoms with Crippen LogP contribution in [0.4, 0.5) is 5.69 Å². The van der Waals surface area contributed by atoms with Crippen molar-refractivity contribution in [1.82, 2.24) is 0 Å². The molecule has 0 aliphatic carbocycles. The van der Waals surface area contributed by atoms with Gasteiger partial charge in [-0.05, 0) is 43.7 Å². The van der Waals surface area contributed by atoms with Crippen molar-refractivity contribution < 1.29 is 9.21 Å². The molecule has 0 saturated carbocycles. The van der Waals surface area contributed by atoms with Gasteiger partial charge >= 0.3 is 0 Å². The Balaban J connectivity index is 1.85. The van der Waals surface area contributed by atoms with E-state index in [0.29, 0.717) is 16.5 Å². The summed E-state index contributed by atoms with van der Waals surface area (Å²) in [5.41, 5.74) is 3.42. The van der Waals surface area contributed by atoms with Gasteiger partial charge in [-0.3, -0.25) is 9.59 Å². The number of benzene rings is 2. The Morgan fingerprint density at radius 2 is 1.92 bits per heavy atom. The highest BCUT2D eigenvalue weighted by Crippen LogP contribution is 2.15. The van der Waals surface area contributed by atoms with E-state index >= 15 is 0 Å². The molecule has 0 radical (unpaired) electrons. The summed E-state index contributed by atoms with van der Waals surface area (Å²) in [4.78, 5) is 24.5. The molecule has 0 saturated heterocycles. The molecule has 1 N–H and O–H groups in total. The Morgan fingerprint density at radius 1 is 1.12 bits per heavy atom.